The molecule has 6 nitrogen and oxygen atoms in total. The van der Waals surface area contributed by atoms with E-state index in [-0.39, 0.29) is 11.9 Å². The normalized spacial score (nSPS) is 23.1. The number of urea groups is 1. The molecule has 2 rings (SSSR count). The van der Waals surface area contributed by atoms with Crippen LogP contribution in [0.25, 0.3) is 0 Å². The maximum absolute atomic E-state index is 12.1. The van der Waals surface area contributed by atoms with Crippen LogP contribution in [0.1, 0.15) is 27.2 Å². The summed E-state index contributed by atoms with van der Waals surface area (Å²) in [5.74, 6) is 0.769. The van der Waals surface area contributed by atoms with Crippen molar-refractivity contribution in [3.63, 3.8) is 0 Å². The van der Waals surface area contributed by atoms with Crippen LogP contribution in [0.3, 0.4) is 0 Å². The number of amides is 2. The third kappa shape index (κ3) is 3.72. The van der Waals surface area contributed by atoms with E-state index < -0.39 is 6.10 Å². The minimum Gasteiger partial charge on any atom is -0.391 e. The standard InChI is InChI=1S/C14H24N4O2/c1-10(2)7-18-8-12(6-15-18)16-14(20)17-5-4-11(3)13(19)9-17/h6,8,10-11,13,19H,4-5,7,9H2,1-3H3,(H,16,20). The molecular formula is C14H24N4O2. The molecule has 2 unspecified atom stereocenters. The number of likely N-dealkylation sites (tertiary alicyclic amines) is 1. The van der Waals surface area contributed by atoms with Crippen molar-refractivity contribution in [2.75, 3.05) is 18.4 Å². The number of carbonyl (C=O) groups is 1. The summed E-state index contributed by atoms with van der Waals surface area (Å²) in [7, 11) is 0. The Morgan fingerprint density at radius 3 is 3.00 bits per heavy atom. The van der Waals surface area contributed by atoms with Crippen LogP contribution in [0.5, 0.6) is 0 Å². The van der Waals surface area contributed by atoms with Crippen LogP contribution in [-0.4, -0.2) is 45.0 Å². The number of anilines is 1. The lowest BCUT2D eigenvalue weighted by atomic mass is 9.96. The van der Waals surface area contributed by atoms with E-state index in [1.54, 1.807) is 11.1 Å². The minimum absolute atomic E-state index is 0.167. The Hall–Kier alpha value is -1.56. The highest BCUT2D eigenvalue weighted by atomic mass is 16.3. The zero-order valence-electron chi connectivity index (χ0n) is 12.4. The quantitative estimate of drug-likeness (QED) is 0.886. The third-order valence-electron chi connectivity index (χ3n) is 3.64. The van der Waals surface area contributed by atoms with Gasteiger partial charge in [0.1, 0.15) is 0 Å². The number of hydrogen-bond donors (Lipinski definition) is 2. The highest BCUT2D eigenvalue weighted by Crippen LogP contribution is 2.18. The summed E-state index contributed by atoms with van der Waals surface area (Å²) in [6.45, 7) is 8.16. The molecule has 112 valence electrons. The van der Waals surface area contributed by atoms with E-state index in [2.05, 4.69) is 24.3 Å². The smallest absolute Gasteiger partial charge is 0.322 e. The van der Waals surface area contributed by atoms with Crippen molar-refractivity contribution >= 4 is 11.7 Å². The molecule has 0 aromatic carbocycles. The Morgan fingerprint density at radius 2 is 2.35 bits per heavy atom. The van der Waals surface area contributed by atoms with Gasteiger partial charge in [0.2, 0.25) is 0 Å². The molecule has 0 aliphatic carbocycles. The minimum atomic E-state index is -0.432. The SMILES string of the molecule is CC(C)Cn1cc(NC(=O)N2CCC(C)C(O)C2)cn1. The fraction of sp³-hybridized carbons (Fsp3) is 0.714. The molecule has 0 radical (unpaired) electrons. The van der Waals surface area contributed by atoms with Crippen molar-refractivity contribution in [3.8, 4) is 0 Å². The van der Waals surface area contributed by atoms with Gasteiger partial charge in [0.25, 0.3) is 0 Å². The van der Waals surface area contributed by atoms with Crippen LogP contribution < -0.4 is 5.32 Å². The van der Waals surface area contributed by atoms with E-state index in [0.29, 0.717) is 24.7 Å². The molecule has 1 saturated heterocycles. The van der Waals surface area contributed by atoms with E-state index in [1.165, 1.54) is 0 Å². The molecule has 1 aromatic rings. The van der Waals surface area contributed by atoms with E-state index in [1.807, 2.05) is 17.8 Å². The molecule has 1 aliphatic rings. The average molecular weight is 280 g/mol. The number of β-amino-alcohol motifs (C(OH)–C–C–N with tert-alkyl or cyclic N) is 1. The maximum Gasteiger partial charge on any atom is 0.322 e. The van der Waals surface area contributed by atoms with Crippen LogP contribution in [-0.2, 0) is 6.54 Å². The van der Waals surface area contributed by atoms with Crippen LogP contribution in [0.4, 0.5) is 10.5 Å². The lowest BCUT2D eigenvalue weighted by Gasteiger charge is -2.34. The van der Waals surface area contributed by atoms with Gasteiger partial charge >= 0.3 is 6.03 Å². The number of hydrogen-bond acceptors (Lipinski definition) is 3. The number of nitrogens with one attached hydrogen (secondary N) is 1. The molecule has 6 heteroatoms. The first-order valence-electron chi connectivity index (χ1n) is 7.22. The highest BCUT2D eigenvalue weighted by molar-refractivity contribution is 5.89. The summed E-state index contributed by atoms with van der Waals surface area (Å²) in [5.41, 5.74) is 0.698. The predicted molar refractivity (Wildman–Crippen MR) is 77.4 cm³/mol. The summed E-state index contributed by atoms with van der Waals surface area (Å²) < 4.78 is 1.83. The van der Waals surface area contributed by atoms with Gasteiger partial charge in [-0.05, 0) is 18.3 Å². The Morgan fingerprint density at radius 1 is 1.60 bits per heavy atom. The average Bonchev–Trinajstić information content (AvgIpc) is 2.79. The summed E-state index contributed by atoms with van der Waals surface area (Å²) in [5, 5.41) is 16.9. The van der Waals surface area contributed by atoms with Crippen molar-refractivity contribution < 1.29 is 9.90 Å². The molecule has 1 fully saturated rings. The highest BCUT2D eigenvalue weighted by Gasteiger charge is 2.27. The van der Waals surface area contributed by atoms with E-state index in [0.717, 1.165) is 13.0 Å². The van der Waals surface area contributed by atoms with Crippen molar-refractivity contribution in [1.82, 2.24) is 14.7 Å². The zero-order chi connectivity index (χ0) is 14.7. The molecule has 0 saturated carbocycles. The number of aromatic nitrogens is 2. The van der Waals surface area contributed by atoms with Gasteiger partial charge in [0.15, 0.2) is 0 Å². The molecular weight excluding hydrogens is 256 g/mol. The molecule has 2 heterocycles. The molecule has 1 aromatic heterocycles. The predicted octanol–water partition coefficient (Wildman–Crippen LogP) is 1.77. The number of rotatable bonds is 3. The number of piperidine rings is 1. The van der Waals surface area contributed by atoms with Gasteiger partial charge in [-0.1, -0.05) is 20.8 Å². The summed E-state index contributed by atoms with van der Waals surface area (Å²) in [4.78, 5) is 13.8. The molecule has 2 atom stereocenters. The molecule has 0 bridgehead atoms. The van der Waals surface area contributed by atoms with Crippen molar-refractivity contribution in [3.05, 3.63) is 12.4 Å². The lowest BCUT2D eigenvalue weighted by Crippen LogP contribution is -2.47. The van der Waals surface area contributed by atoms with Gasteiger partial charge in [-0.3, -0.25) is 4.68 Å². The van der Waals surface area contributed by atoms with Crippen LogP contribution in [0.2, 0.25) is 0 Å². The number of nitrogens with zero attached hydrogens (tertiary/aromatic N) is 3. The molecule has 20 heavy (non-hydrogen) atoms. The Labute approximate surface area is 119 Å². The zero-order valence-corrected chi connectivity index (χ0v) is 12.4. The summed E-state index contributed by atoms with van der Waals surface area (Å²) >= 11 is 0. The Kier molecular flexibility index (Phi) is 4.65. The van der Waals surface area contributed by atoms with Gasteiger partial charge in [0.05, 0.1) is 18.0 Å². The third-order valence-corrected chi connectivity index (χ3v) is 3.64. The van der Waals surface area contributed by atoms with Crippen LogP contribution >= 0.6 is 0 Å². The van der Waals surface area contributed by atoms with Crippen molar-refractivity contribution in [1.29, 1.82) is 0 Å². The first kappa shape index (κ1) is 14.8. The number of aliphatic hydroxyl groups excluding tert-OH is 1. The van der Waals surface area contributed by atoms with Crippen molar-refractivity contribution in [2.24, 2.45) is 11.8 Å². The van der Waals surface area contributed by atoms with Gasteiger partial charge in [-0.25, -0.2) is 4.79 Å². The van der Waals surface area contributed by atoms with Crippen molar-refractivity contribution in [2.45, 2.75) is 39.8 Å². The fourth-order valence-electron chi connectivity index (χ4n) is 2.34. The summed E-state index contributed by atoms with van der Waals surface area (Å²) in [6.07, 6.45) is 3.89. The summed E-state index contributed by atoms with van der Waals surface area (Å²) in [6, 6.07) is -0.167. The van der Waals surface area contributed by atoms with Gasteiger partial charge in [0, 0.05) is 25.8 Å². The first-order valence-corrected chi connectivity index (χ1v) is 7.22. The van der Waals surface area contributed by atoms with Gasteiger partial charge < -0.3 is 15.3 Å². The second kappa shape index (κ2) is 6.26. The van der Waals surface area contributed by atoms with E-state index >= 15 is 0 Å². The van der Waals surface area contributed by atoms with Gasteiger partial charge in [-0.15, -0.1) is 0 Å². The topological polar surface area (TPSA) is 70.4 Å². The largest absolute Gasteiger partial charge is 0.391 e. The van der Waals surface area contributed by atoms with Crippen LogP contribution in [0.15, 0.2) is 12.4 Å². The molecule has 2 amide bonds. The fourth-order valence-corrected chi connectivity index (χ4v) is 2.34. The molecule has 1 aliphatic heterocycles. The number of aliphatic hydroxyl groups is 1. The lowest BCUT2D eigenvalue weighted by molar-refractivity contribution is 0.0464. The maximum atomic E-state index is 12.1. The van der Waals surface area contributed by atoms with Gasteiger partial charge in [-0.2, -0.15) is 5.10 Å². The van der Waals surface area contributed by atoms with E-state index in [9.17, 15) is 9.90 Å². The Bertz CT molecular complexity index is 458. The second-order valence-corrected chi connectivity index (χ2v) is 6.05. The number of carbonyl (C=O) groups excluding carboxylic acids is 1. The Balaban J connectivity index is 1.89. The molecule has 0 spiro atoms. The van der Waals surface area contributed by atoms with Crippen LogP contribution in [0, 0.1) is 11.8 Å². The monoisotopic (exact) mass is 280 g/mol. The van der Waals surface area contributed by atoms with E-state index in [4.69, 9.17) is 0 Å². The first-order chi connectivity index (χ1) is 9.45. The molecule has 2 N–H and O–H groups in total. The second-order valence-electron chi connectivity index (χ2n) is 6.05.